The smallest absolute Gasteiger partial charge is 0.130 e. The van der Waals surface area contributed by atoms with Crippen LogP contribution in [0.2, 0.25) is 0 Å². The number of hydrogen-bond donors (Lipinski definition) is 1. The zero-order valence-corrected chi connectivity index (χ0v) is 11.6. The second-order valence-corrected chi connectivity index (χ2v) is 6.69. The lowest BCUT2D eigenvalue weighted by molar-refractivity contribution is 0.135. The minimum atomic E-state index is -0.164. The zero-order valence-electron chi connectivity index (χ0n) is 11.6. The van der Waals surface area contributed by atoms with Gasteiger partial charge in [0, 0.05) is 12.0 Å². The Hall–Kier alpha value is -1.18. The Bertz CT molecular complexity index is 465. The van der Waals surface area contributed by atoms with Crippen LogP contribution in [-0.4, -0.2) is 10.7 Å². The van der Waals surface area contributed by atoms with Crippen molar-refractivity contribution in [2.24, 2.45) is 0 Å². The summed E-state index contributed by atoms with van der Waals surface area (Å²) in [5, 5.41) is 10.3. The Balaban J connectivity index is 2.69. The molecule has 94 valence electrons. The van der Waals surface area contributed by atoms with Crippen molar-refractivity contribution >= 4 is 0 Å². The maximum absolute atomic E-state index is 10.3. The van der Waals surface area contributed by atoms with Crippen molar-refractivity contribution < 1.29 is 9.84 Å². The largest absolute Gasteiger partial charge is 0.507 e. The Kier molecular flexibility index (Phi) is 2.46. The van der Waals surface area contributed by atoms with Gasteiger partial charge in [0.1, 0.15) is 17.1 Å². The first-order valence-corrected chi connectivity index (χ1v) is 6.17. The van der Waals surface area contributed by atoms with Crippen LogP contribution in [-0.2, 0) is 11.8 Å². The van der Waals surface area contributed by atoms with E-state index >= 15 is 0 Å². The first-order chi connectivity index (χ1) is 7.62. The molecule has 1 aromatic rings. The number of rotatable bonds is 0. The predicted octanol–water partition coefficient (Wildman–Crippen LogP) is 3.71. The molecule has 1 aliphatic rings. The summed E-state index contributed by atoms with van der Waals surface area (Å²) in [5.74, 6) is 1.28. The maximum Gasteiger partial charge on any atom is 0.130 e. The highest BCUT2D eigenvalue weighted by Crippen LogP contribution is 2.47. The zero-order chi connectivity index (χ0) is 13.0. The molecule has 0 saturated carbocycles. The van der Waals surface area contributed by atoms with Crippen LogP contribution in [0.3, 0.4) is 0 Å². The van der Waals surface area contributed by atoms with E-state index in [1.54, 1.807) is 0 Å². The first kappa shape index (κ1) is 12.3. The quantitative estimate of drug-likeness (QED) is 0.741. The van der Waals surface area contributed by atoms with Gasteiger partial charge in [-0.25, -0.2) is 0 Å². The fourth-order valence-corrected chi connectivity index (χ4v) is 2.58. The number of benzene rings is 1. The van der Waals surface area contributed by atoms with E-state index < -0.39 is 0 Å². The van der Waals surface area contributed by atoms with Crippen molar-refractivity contribution in [2.45, 2.75) is 59.0 Å². The molecule has 0 fully saturated rings. The molecule has 2 rings (SSSR count). The highest BCUT2D eigenvalue weighted by Gasteiger charge is 2.36. The van der Waals surface area contributed by atoms with Gasteiger partial charge in [0.2, 0.25) is 0 Å². The van der Waals surface area contributed by atoms with E-state index in [-0.39, 0.29) is 11.0 Å². The molecule has 0 spiro atoms. The lowest BCUT2D eigenvalue weighted by atomic mass is 9.83. The van der Waals surface area contributed by atoms with Gasteiger partial charge in [0.05, 0.1) is 0 Å². The summed E-state index contributed by atoms with van der Waals surface area (Å²) in [6, 6.07) is 2.05. The standard InChI is InChI=1S/C15H22O2/c1-9-7-10-8-15(5,6)17-13(10)11(12(9)16)14(2,3)4/h7,16H,8H2,1-6H3. The van der Waals surface area contributed by atoms with Crippen molar-refractivity contribution in [3.8, 4) is 11.5 Å². The highest BCUT2D eigenvalue weighted by molar-refractivity contribution is 5.58. The number of phenols is 1. The van der Waals surface area contributed by atoms with E-state index in [0.717, 1.165) is 23.3 Å². The van der Waals surface area contributed by atoms with Crippen LogP contribution >= 0.6 is 0 Å². The van der Waals surface area contributed by atoms with Crippen LogP contribution < -0.4 is 4.74 Å². The summed E-state index contributed by atoms with van der Waals surface area (Å²) >= 11 is 0. The van der Waals surface area contributed by atoms with Crippen LogP contribution in [0, 0.1) is 6.92 Å². The van der Waals surface area contributed by atoms with Gasteiger partial charge in [0.15, 0.2) is 0 Å². The number of aryl methyl sites for hydroxylation is 1. The Morgan fingerprint density at radius 2 is 1.88 bits per heavy atom. The molecule has 0 bridgehead atoms. The molecular weight excluding hydrogens is 212 g/mol. The summed E-state index contributed by atoms with van der Waals surface area (Å²) in [7, 11) is 0. The van der Waals surface area contributed by atoms with Gasteiger partial charge in [-0.2, -0.15) is 0 Å². The number of hydrogen-bond acceptors (Lipinski definition) is 2. The molecule has 1 N–H and O–H groups in total. The Morgan fingerprint density at radius 1 is 1.29 bits per heavy atom. The lowest BCUT2D eigenvalue weighted by Gasteiger charge is -2.25. The molecule has 0 saturated heterocycles. The summed E-state index contributed by atoms with van der Waals surface area (Å²) in [5.41, 5.74) is 2.83. The van der Waals surface area contributed by atoms with E-state index in [2.05, 4.69) is 40.7 Å². The van der Waals surface area contributed by atoms with Crippen LogP contribution in [0.4, 0.5) is 0 Å². The van der Waals surface area contributed by atoms with Gasteiger partial charge < -0.3 is 9.84 Å². The average molecular weight is 234 g/mol. The molecule has 1 aliphatic heterocycles. The molecular formula is C15H22O2. The van der Waals surface area contributed by atoms with Crippen molar-refractivity contribution in [1.29, 1.82) is 0 Å². The normalized spacial score (nSPS) is 17.8. The van der Waals surface area contributed by atoms with Crippen molar-refractivity contribution in [1.82, 2.24) is 0 Å². The summed E-state index contributed by atoms with van der Waals surface area (Å²) < 4.78 is 6.03. The van der Waals surface area contributed by atoms with Gasteiger partial charge in [-0.15, -0.1) is 0 Å². The molecule has 0 aromatic heterocycles. The number of phenolic OH excluding ortho intramolecular Hbond substituents is 1. The fourth-order valence-electron chi connectivity index (χ4n) is 2.58. The third-order valence-electron chi connectivity index (χ3n) is 3.26. The second kappa shape index (κ2) is 3.41. The summed E-state index contributed by atoms with van der Waals surface area (Å²) in [4.78, 5) is 0. The topological polar surface area (TPSA) is 29.5 Å². The monoisotopic (exact) mass is 234 g/mol. The van der Waals surface area contributed by atoms with Crippen molar-refractivity contribution in [3.63, 3.8) is 0 Å². The van der Waals surface area contributed by atoms with Gasteiger partial charge in [0.25, 0.3) is 0 Å². The molecule has 1 heterocycles. The minimum absolute atomic E-state index is 0.111. The molecule has 2 heteroatoms. The summed E-state index contributed by atoms with van der Waals surface area (Å²) in [6.45, 7) is 12.5. The van der Waals surface area contributed by atoms with E-state index in [1.807, 2.05) is 6.92 Å². The molecule has 1 aromatic carbocycles. The highest BCUT2D eigenvalue weighted by atomic mass is 16.5. The van der Waals surface area contributed by atoms with E-state index in [0.29, 0.717) is 5.75 Å². The third kappa shape index (κ3) is 2.01. The SMILES string of the molecule is Cc1cc2c(c(C(C)(C)C)c1O)OC(C)(C)C2. The molecule has 0 amide bonds. The van der Waals surface area contributed by atoms with Gasteiger partial charge in [-0.05, 0) is 43.4 Å². The van der Waals surface area contributed by atoms with Crippen LogP contribution in [0.5, 0.6) is 11.5 Å². The van der Waals surface area contributed by atoms with Crippen LogP contribution in [0.25, 0.3) is 0 Å². The molecule has 2 nitrogen and oxygen atoms in total. The predicted molar refractivity (Wildman–Crippen MR) is 70.0 cm³/mol. The third-order valence-corrected chi connectivity index (χ3v) is 3.26. The van der Waals surface area contributed by atoms with Crippen molar-refractivity contribution in [3.05, 3.63) is 22.8 Å². The van der Waals surface area contributed by atoms with Crippen LogP contribution in [0.15, 0.2) is 6.07 Å². The number of aromatic hydroxyl groups is 1. The molecule has 17 heavy (non-hydrogen) atoms. The molecule has 0 aliphatic carbocycles. The summed E-state index contributed by atoms with van der Waals surface area (Å²) in [6.07, 6.45) is 0.909. The minimum Gasteiger partial charge on any atom is -0.507 e. The maximum atomic E-state index is 10.3. The van der Waals surface area contributed by atoms with Gasteiger partial charge in [-0.3, -0.25) is 0 Å². The Morgan fingerprint density at radius 3 is 2.41 bits per heavy atom. The molecule has 0 unspecified atom stereocenters. The average Bonchev–Trinajstić information content (AvgIpc) is 2.38. The van der Waals surface area contributed by atoms with Crippen molar-refractivity contribution in [2.75, 3.05) is 0 Å². The fraction of sp³-hybridized carbons (Fsp3) is 0.600. The molecule has 0 radical (unpaired) electrons. The van der Waals surface area contributed by atoms with E-state index in [1.165, 1.54) is 5.56 Å². The van der Waals surface area contributed by atoms with E-state index in [4.69, 9.17) is 4.74 Å². The van der Waals surface area contributed by atoms with E-state index in [9.17, 15) is 5.11 Å². The van der Waals surface area contributed by atoms with Gasteiger partial charge in [-0.1, -0.05) is 20.8 Å². The van der Waals surface area contributed by atoms with Crippen LogP contribution in [0.1, 0.15) is 51.3 Å². The number of ether oxygens (including phenoxy) is 1. The number of fused-ring (bicyclic) bond motifs is 1. The lowest BCUT2D eigenvalue weighted by Crippen LogP contribution is -2.25. The van der Waals surface area contributed by atoms with Gasteiger partial charge >= 0.3 is 0 Å². The second-order valence-electron chi connectivity index (χ2n) is 6.69. The Labute approximate surface area is 104 Å². The first-order valence-electron chi connectivity index (χ1n) is 6.17. The molecule has 0 atom stereocenters.